The highest BCUT2D eigenvalue weighted by atomic mass is 32.1. The summed E-state index contributed by atoms with van der Waals surface area (Å²) in [7, 11) is 0. The van der Waals surface area contributed by atoms with Gasteiger partial charge in [0.25, 0.3) is 0 Å². The van der Waals surface area contributed by atoms with Gasteiger partial charge in [-0.05, 0) is 227 Å². The first-order valence-corrected chi connectivity index (χ1v) is 31.2. The van der Waals surface area contributed by atoms with Gasteiger partial charge >= 0.3 is 0 Å². The zero-order valence-electron chi connectivity index (χ0n) is 52.0. The molecule has 0 atom stereocenters. The van der Waals surface area contributed by atoms with Crippen molar-refractivity contribution in [3.05, 3.63) is 219 Å². The molecule has 1 aliphatic heterocycles. The summed E-state index contributed by atoms with van der Waals surface area (Å²) in [5, 5.41) is 1.41. The minimum absolute atomic E-state index is 0.00522. The van der Waals surface area contributed by atoms with E-state index < -0.39 is 0 Å². The molecular formula is C78H85BN2S. The number of hydrogen-bond donors (Lipinski definition) is 0. The monoisotopic (exact) mass is 1090 g/mol. The number of anilines is 6. The first-order chi connectivity index (χ1) is 38.7. The van der Waals surface area contributed by atoms with Gasteiger partial charge in [0.15, 0.2) is 0 Å². The van der Waals surface area contributed by atoms with Gasteiger partial charge in [-0.15, -0.1) is 11.3 Å². The Labute approximate surface area is 496 Å². The van der Waals surface area contributed by atoms with Crippen molar-refractivity contribution in [3.63, 3.8) is 0 Å². The second-order valence-corrected chi connectivity index (χ2v) is 30.5. The van der Waals surface area contributed by atoms with E-state index in [1.165, 1.54) is 122 Å². The maximum absolute atomic E-state index is 2.72. The van der Waals surface area contributed by atoms with Crippen LogP contribution in [0, 0.1) is 6.92 Å². The molecule has 0 N–H and O–H groups in total. The predicted molar refractivity (Wildman–Crippen MR) is 360 cm³/mol. The molecule has 82 heavy (non-hydrogen) atoms. The van der Waals surface area contributed by atoms with Crippen molar-refractivity contribution in [2.45, 2.75) is 169 Å². The highest BCUT2D eigenvalue weighted by Crippen LogP contribution is 2.52. The fourth-order valence-corrected chi connectivity index (χ4v) is 15.3. The van der Waals surface area contributed by atoms with Crippen LogP contribution in [0.3, 0.4) is 0 Å². The zero-order valence-corrected chi connectivity index (χ0v) is 52.8. The summed E-state index contributed by atoms with van der Waals surface area (Å²) in [6.45, 7) is 38.6. The molecule has 0 saturated carbocycles. The molecule has 3 aliphatic rings. The van der Waals surface area contributed by atoms with E-state index in [1.54, 1.807) is 0 Å². The Hall–Kier alpha value is -6.88. The first-order valence-electron chi connectivity index (χ1n) is 30.4. The standard InChI is InChI=1S/C78H85BN2S/c1-50(60-37-34-55(74(6,7)8)44-61(60)52-26-20-17-21-27-52)42-53-43-59(80(56-28-22-18-23-29-56)57-30-24-19-25-31-57)45-69-72(53)79(71-51(2)82-70-49-66-63(46-62(70)71)75(9,10)38-41-78(66,15)16)67-47-64-65(77(13,14)40-39-76(64,11)12)48-68(67)81(69)58-35-32-54(33-36-58)73(3,4)5/h17-37,42-49H,38-41H2,1-16H3/b50-42-. The largest absolute Gasteiger partial charge is 0.311 e. The summed E-state index contributed by atoms with van der Waals surface area (Å²) < 4.78 is 1.40. The van der Waals surface area contributed by atoms with E-state index in [4.69, 9.17) is 0 Å². The molecule has 9 aromatic rings. The average Bonchev–Trinajstić information content (AvgIpc) is 1.26. The Morgan fingerprint density at radius 3 is 1.56 bits per heavy atom. The normalized spacial score (nSPS) is 17.0. The number of benzene rings is 8. The Morgan fingerprint density at radius 1 is 0.512 bits per heavy atom. The van der Waals surface area contributed by atoms with Crippen LogP contribution in [0.4, 0.5) is 34.1 Å². The van der Waals surface area contributed by atoms with Crippen molar-refractivity contribution >= 4 is 90.3 Å². The van der Waals surface area contributed by atoms with Crippen molar-refractivity contribution in [1.29, 1.82) is 0 Å². The fourth-order valence-electron chi connectivity index (χ4n) is 14.2. The average molecular weight is 1090 g/mol. The second-order valence-electron chi connectivity index (χ2n) is 29.2. The lowest BCUT2D eigenvalue weighted by atomic mass is 9.33. The molecule has 0 unspecified atom stereocenters. The van der Waals surface area contributed by atoms with E-state index >= 15 is 0 Å². The molecule has 0 spiro atoms. The van der Waals surface area contributed by atoms with Gasteiger partial charge in [-0.3, -0.25) is 0 Å². The molecule has 8 aromatic carbocycles. The van der Waals surface area contributed by atoms with Crippen LogP contribution in [-0.2, 0) is 32.5 Å². The molecule has 4 heteroatoms. The third kappa shape index (κ3) is 9.69. The van der Waals surface area contributed by atoms with E-state index in [1.807, 2.05) is 11.3 Å². The van der Waals surface area contributed by atoms with Crippen LogP contribution in [-0.4, -0.2) is 6.71 Å². The predicted octanol–water partition coefficient (Wildman–Crippen LogP) is 20.5. The van der Waals surface area contributed by atoms with E-state index in [0.717, 1.165) is 29.9 Å². The van der Waals surface area contributed by atoms with Crippen LogP contribution >= 0.6 is 11.3 Å². The van der Waals surface area contributed by atoms with Crippen LogP contribution < -0.4 is 26.2 Å². The summed E-state index contributed by atoms with van der Waals surface area (Å²) in [6.07, 6.45) is 7.21. The molecule has 0 fully saturated rings. The number of aryl methyl sites for hydroxylation is 1. The van der Waals surface area contributed by atoms with Crippen LogP contribution in [0.5, 0.6) is 0 Å². The van der Waals surface area contributed by atoms with Gasteiger partial charge in [-0.25, -0.2) is 0 Å². The lowest BCUT2D eigenvalue weighted by Crippen LogP contribution is -2.59. The minimum Gasteiger partial charge on any atom is -0.311 e. The molecule has 12 rings (SSSR count). The van der Waals surface area contributed by atoms with Gasteiger partial charge in [-0.2, -0.15) is 0 Å². The quantitative estimate of drug-likeness (QED) is 0.111. The third-order valence-electron chi connectivity index (χ3n) is 19.5. The molecule has 2 heterocycles. The number of fused-ring (bicyclic) bond motifs is 5. The van der Waals surface area contributed by atoms with Gasteiger partial charge in [-0.1, -0.05) is 206 Å². The summed E-state index contributed by atoms with van der Waals surface area (Å²) in [5.41, 5.74) is 26.2. The Balaban J connectivity index is 1.26. The summed E-state index contributed by atoms with van der Waals surface area (Å²) in [4.78, 5) is 6.55. The van der Waals surface area contributed by atoms with Gasteiger partial charge in [0.1, 0.15) is 0 Å². The van der Waals surface area contributed by atoms with Crippen LogP contribution in [0.2, 0.25) is 0 Å². The SMILES string of the molecule is C/C(=C/c1cc(N(c2ccccc2)c2ccccc2)cc2c1B(c1c(C)sc3cc4c(cc13)C(C)(C)CCC4(C)C)c1cc3c(cc1N2c1ccc(C(C)(C)C)cc1)C(C)(C)CCC3(C)C)c1ccc(C(C)(C)C)cc1-c1ccccc1. The Kier molecular flexibility index (Phi) is 13.5. The number of allylic oxidation sites excluding steroid dienone is 1. The van der Waals surface area contributed by atoms with Gasteiger partial charge < -0.3 is 9.80 Å². The molecule has 0 saturated heterocycles. The van der Waals surface area contributed by atoms with Gasteiger partial charge in [0, 0.05) is 38.8 Å². The smallest absolute Gasteiger partial charge is 0.249 e. The number of para-hydroxylation sites is 2. The highest BCUT2D eigenvalue weighted by Gasteiger charge is 2.46. The molecular weight excluding hydrogens is 1010 g/mol. The third-order valence-corrected chi connectivity index (χ3v) is 20.6. The maximum atomic E-state index is 2.72. The zero-order chi connectivity index (χ0) is 58.1. The molecule has 1 aromatic heterocycles. The first kappa shape index (κ1) is 55.6. The van der Waals surface area contributed by atoms with Crippen molar-refractivity contribution in [3.8, 4) is 11.1 Å². The molecule has 0 amide bonds. The van der Waals surface area contributed by atoms with E-state index in [-0.39, 0.29) is 39.2 Å². The molecule has 2 aliphatic carbocycles. The Morgan fingerprint density at radius 2 is 1.01 bits per heavy atom. The highest BCUT2D eigenvalue weighted by molar-refractivity contribution is 7.22. The number of thiophene rings is 1. The lowest BCUT2D eigenvalue weighted by Gasteiger charge is -2.45. The number of hydrogen-bond acceptors (Lipinski definition) is 3. The van der Waals surface area contributed by atoms with Gasteiger partial charge in [0.05, 0.1) is 0 Å². The molecule has 2 nitrogen and oxygen atoms in total. The van der Waals surface area contributed by atoms with Crippen LogP contribution in [0.15, 0.2) is 170 Å². The second kappa shape index (κ2) is 19.9. The minimum atomic E-state index is -0.0976. The van der Waals surface area contributed by atoms with Crippen molar-refractivity contribution in [2.75, 3.05) is 9.80 Å². The van der Waals surface area contributed by atoms with Crippen molar-refractivity contribution < 1.29 is 0 Å². The maximum Gasteiger partial charge on any atom is 0.249 e. The van der Waals surface area contributed by atoms with Crippen molar-refractivity contribution in [2.24, 2.45) is 0 Å². The number of nitrogens with zero attached hydrogens (tertiary/aromatic N) is 2. The van der Waals surface area contributed by atoms with E-state index in [0.29, 0.717) is 0 Å². The number of rotatable bonds is 8. The van der Waals surface area contributed by atoms with E-state index in [2.05, 4.69) is 297 Å². The van der Waals surface area contributed by atoms with E-state index in [9.17, 15) is 0 Å². The van der Waals surface area contributed by atoms with Gasteiger partial charge in [0.2, 0.25) is 6.71 Å². The van der Waals surface area contributed by atoms with Crippen molar-refractivity contribution in [1.82, 2.24) is 0 Å². The lowest BCUT2D eigenvalue weighted by molar-refractivity contribution is 0.332. The Bertz CT molecular complexity index is 3910. The summed E-state index contributed by atoms with van der Waals surface area (Å²) >= 11 is 2.01. The molecule has 0 bridgehead atoms. The van der Waals surface area contributed by atoms with Crippen LogP contribution in [0.25, 0.3) is 32.9 Å². The topological polar surface area (TPSA) is 6.48 Å². The molecule has 416 valence electrons. The summed E-state index contributed by atoms with van der Waals surface area (Å²) in [5.74, 6) is 0. The van der Waals surface area contributed by atoms with Crippen LogP contribution in [0.1, 0.15) is 179 Å². The summed E-state index contributed by atoms with van der Waals surface area (Å²) in [6, 6.07) is 65.7. The fraction of sp³-hybridized carbons (Fsp3) is 0.333. The molecule has 0 radical (unpaired) electrons.